The Morgan fingerprint density at radius 2 is 1.76 bits per heavy atom. The Morgan fingerprint density at radius 3 is 2.39 bits per heavy atom. The average Bonchev–Trinajstić information content (AvgIpc) is 3.06. The van der Waals surface area contributed by atoms with Crippen LogP contribution in [0.1, 0.15) is 88.4 Å². The zero-order valence-corrected chi connectivity index (χ0v) is 28.7. The lowest BCUT2D eigenvalue weighted by molar-refractivity contribution is -0.266. The fourth-order valence-electron chi connectivity index (χ4n) is 8.91. The van der Waals surface area contributed by atoms with Crippen molar-refractivity contribution in [3.8, 4) is 17.1 Å². The molecule has 11 heteroatoms. The van der Waals surface area contributed by atoms with Gasteiger partial charge in [-0.2, -0.15) is 0 Å². The van der Waals surface area contributed by atoms with Crippen LogP contribution in [0, 0.1) is 22.7 Å². The van der Waals surface area contributed by atoms with Gasteiger partial charge in [-0.05, 0) is 73.8 Å². The van der Waals surface area contributed by atoms with E-state index in [1.807, 2.05) is 39.8 Å². The first-order chi connectivity index (χ1) is 23.2. The average molecular weight is 674 g/mol. The third-order valence-electron chi connectivity index (χ3n) is 11.3. The lowest BCUT2D eigenvalue weighted by atomic mass is 9.42. The number of esters is 3. The first kappa shape index (κ1) is 34.4. The summed E-state index contributed by atoms with van der Waals surface area (Å²) in [6.07, 6.45) is 2.11. The van der Waals surface area contributed by atoms with Crippen molar-refractivity contribution in [2.24, 2.45) is 22.7 Å². The molecule has 0 radical (unpaired) electrons. The highest BCUT2D eigenvalue weighted by Gasteiger charge is 2.71. The van der Waals surface area contributed by atoms with Crippen LogP contribution in [0.5, 0.6) is 5.75 Å². The molecule has 2 aromatic heterocycles. The zero-order valence-electron chi connectivity index (χ0n) is 28.7. The maximum Gasteiger partial charge on any atom is 0.345 e. The number of ether oxygens (including phenoxy) is 4. The number of aryl methyl sites for hydroxylation is 1. The smallest absolute Gasteiger partial charge is 0.345 e. The third kappa shape index (κ3) is 5.92. The van der Waals surface area contributed by atoms with Gasteiger partial charge in [-0.1, -0.05) is 32.9 Å². The number of aromatic nitrogens is 1. The first-order valence-electron chi connectivity index (χ1n) is 16.8. The molecule has 1 N–H and O–H groups in total. The molecule has 0 bridgehead atoms. The summed E-state index contributed by atoms with van der Waals surface area (Å²) in [6.45, 7) is 10.3. The van der Waals surface area contributed by atoms with Crippen LogP contribution < -0.4 is 10.4 Å². The highest BCUT2D eigenvalue weighted by atomic mass is 16.6. The molecule has 2 fully saturated rings. The van der Waals surface area contributed by atoms with Gasteiger partial charge in [0, 0.05) is 49.2 Å². The Morgan fingerprint density at radius 1 is 1.02 bits per heavy atom. The molecule has 2 aliphatic carbocycles. The minimum Gasteiger partial charge on any atom is -0.482 e. The molecule has 0 amide bonds. The van der Waals surface area contributed by atoms with E-state index in [0.29, 0.717) is 24.0 Å². The van der Waals surface area contributed by atoms with E-state index in [1.54, 1.807) is 42.7 Å². The molecule has 8 atom stereocenters. The van der Waals surface area contributed by atoms with Crippen LogP contribution in [0.4, 0.5) is 0 Å². The second-order valence-corrected chi connectivity index (χ2v) is 14.3. The highest BCUT2D eigenvalue weighted by Crippen LogP contribution is 2.67. The van der Waals surface area contributed by atoms with Crippen molar-refractivity contribution < 1.29 is 42.9 Å². The van der Waals surface area contributed by atoms with Crippen molar-refractivity contribution in [2.45, 2.75) is 91.1 Å². The maximum atomic E-state index is 13.8. The zero-order chi connectivity index (χ0) is 35.3. The molecule has 0 saturated heterocycles. The van der Waals surface area contributed by atoms with E-state index in [0.717, 1.165) is 12.0 Å². The molecule has 0 spiro atoms. The summed E-state index contributed by atoms with van der Waals surface area (Å²) in [6, 6.07) is 12.2. The van der Waals surface area contributed by atoms with E-state index in [1.165, 1.54) is 13.8 Å². The summed E-state index contributed by atoms with van der Waals surface area (Å²) in [5, 5.41) is 12.3. The topological polar surface area (TPSA) is 151 Å². The molecule has 3 aliphatic rings. The van der Waals surface area contributed by atoms with Crippen molar-refractivity contribution in [3.05, 3.63) is 82.0 Å². The predicted molar refractivity (Wildman–Crippen MR) is 176 cm³/mol. The van der Waals surface area contributed by atoms with Crippen LogP contribution in [0.2, 0.25) is 0 Å². The van der Waals surface area contributed by atoms with Gasteiger partial charge in [0.05, 0.1) is 11.7 Å². The molecular formula is C38H43NO10. The highest BCUT2D eigenvalue weighted by molar-refractivity contribution is 5.89. The number of hydrogen-bond acceptors (Lipinski definition) is 11. The number of carbonyl (C=O) groups excluding carboxylic acids is 3. The van der Waals surface area contributed by atoms with E-state index < -0.39 is 70.1 Å². The molecule has 6 rings (SSSR count). The van der Waals surface area contributed by atoms with Gasteiger partial charge in [-0.15, -0.1) is 0 Å². The number of fused-ring (bicyclic) bond motifs is 4. The summed E-state index contributed by atoms with van der Waals surface area (Å²) in [4.78, 5) is 56.1. The SMILES string of the molecule is CCc1ccc(C(=O)O[C@H]2CC3[C@](C)(CC[C@H](OC(C)=O)[C@]3(C)COC(C)=O)C3[C@@H](O)c4c(cc(-c5cccnc5)oc4=O)O[C@@]32C)cc1. The maximum absolute atomic E-state index is 13.8. The number of aliphatic hydroxyl groups excluding tert-OH is 1. The third-order valence-corrected chi connectivity index (χ3v) is 11.3. The van der Waals surface area contributed by atoms with E-state index in [4.69, 9.17) is 23.4 Å². The van der Waals surface area contributed by atoms with E-state index in [9.17, 15) is 24.3 Å². The summed E-state index contributed by atoms with van der Waals surface area (Å²) in [5.41, 5.74) is -1.87. The van der Waals surface area contributed by atoms with E-state index >= 15 is 0 Å². The van der Waals surface area contributed by atoms with Gasteiger partial charge in [-0.25, -0.2) is 9.59 Å². The van der Waals surface area contributed by atoms with E-state index in [-0.39, 0.29) is 30.1 Å². The molecule has 1 aromatic carbocycles. The minimum absolute atomic E-state index is 0.0268. The largest absolute Gasteiger partial charge is 0.482 e. The predicted octanol–water partition coefficient (Wildman–Crippen LogP) is 5.61. The van der Waals surface area contributed by atoms with Gasteiger partial charge in [0.15, 0.2) is 0 Å². The van der Waals surface area contributed by atoms with Crippen molar-refractivity contribution >= 4 is 17.9 Å². The van der Waals surface area contributed by atoms with Crippen LogP contribution in [0.15, 0.2) is 64.1 Å². The van der Waals surface area contributed by atoms with E-state index in [2.05, 4.69) is 4.98 Å². The van der Waals surface area contributed by atoms with Crippen LogP contribution in [-0.2, 0) is 30.2 Å². The Labute approximate surface area is 284 Å². The molecule has 1 aliphatic heterocycles. The van der Waals surface area contributed by atoms with Gasteiger partial charge in [-0.3, -0.25) is 14.6 Å². The van der Waals surface area contributed by atoms with Crippen LogP contribution >= 0.6 is 0 Å². The normalized spacial score (nSPS) is 31.6. The number of aliphatic hydroxyl groups is 1. The van der Waals surface area contributed by atoms with Gasteiger partial charge in [0.2, 0.25) is 0 Å². The number of rotatable bonds is 7. The molecule has 260 valence electrons. The molecule has 11 nitrogen and oxygen atoms in total. The number of carbonyl (C=O) groups is 3. The monoisotopic (exact) mass is 673 g/mol. The number of benzene rings is 1. The molecule has 3 heterocycles. The van der Waals surface area contributed by atoms with Gasteiger partial charge in [0.25, 0.3) is 0 Å². The van der Waals surface area contributed by atoms with Crippen molar-refractivity contribution in [3.63, 3.8) is 0 Å². The second kappa shape index (κ2) is 12.7. The lowest BCUT2D eigenvalue weighted by Gasteiger charge is -2.66. The Balaban J connectivity index is 1.49. The first-order valence-corrected chi connectivity index (χ1v) is 16.8. The van der Waals surface area contributed by atoms with Crippen LogP contribution in [0.25, 0.3) is 11.3 Å². The second-order valence-electron chi connectivity index (χ2n) is 14.3. The lowest BCUT2D eigenvalue weighted by Crippen LogP contribution is -2.71. The molecular weight excluding hydrogens is 630 g/mol. The Kier molecular flexibility index (Phi) is 8.94. The van der Waals surface area contributed by atoms with Gasteiger partial charge in [0.1, 0.15) is 41.5 Å². The molecule has 49 heavy (non-hydrogen) atoms. The molecule has 2 saturated carbocycles. The van der Waals surface area contributed by atoms with Crippen molar-refractivity contribution in [1.82, 2.24) is 4.98 Å². The summed E-state index contributed by atoms with van der Waals surface area (Å²) < 4.78 is 30.3. The van der Waals surface area contributed by atoms with Gasteiger partial charge < -0.3 is 28.5 Å². The van der Waals surface area contributed by atoms with Crippen molar-refractivity contribution in [2.75, 3.05) is 6.61 Å². The van der Waals surface area contributed by atoms with Gasteiger partial charge >= 0.3 is 23.5 Å². The summed E-state index contributed by atoms with van der Waals surface area (Å²) in [5.74, 6) is -2.42. The molecule has 2 unspecified atom stereocenters. The standard InChI is InChI=1S/C38H43NO10/c1-7-23-10-12-24(13-11-23)34(43)48-30-18-28-36(4,15-14-29(46-22(3)41)37(28,5)20-45-21(2)40)33-32(42)31-27(49-38(30,33)6)17-26(47-35(31)44)25-9-8-16-39-19-25/h8-13,16-17,19,28-30,32-33,42H,7,14-15,18,20H2,1-6H3/t28?,29-,30-,32-,33?,36-,37+,38+/m0/s1. The number of pyridine rings is 1. The van der Waals surface area contributed by atoms with Crippen LogP contribution in [-0.4, -0.2) is 52.4 Å². The summed E-state index contributed by atoms with van der Waals surface area (Å²) >= 11 is 0. The number of hydrogen-bond donors (Lipinski definition) is 1. The summed E-state index contributed by atoms with van der Waals surface area (Å²) in [7, 11) is 0. The fraction of sp³-hybridized carbons (Fsp3) is 0.500. The Hall–Kier alpha value is -4.51. The minimum atomic E-state index is -1.38. The van der Waals surface area contributed by atoms with Crippen LogP contribution in [0.3, 0.4) is 0 Å². The Bertz CT molecular complexity index is 1810. The molecule has 3 aromatic rings. The fourth-order valence-corrected chi connectivity index (χ4v) is 8.91. The van der Waals surface area contributed by atoms with Crippen molar-refractivity contribution in [1.29, 1.82) is 0 Å². The number of nitrogens with zero attached hydrogens (tertiary/aromatic N) is 1. The quantitative estimate of drug-likeness (QED) is 0.246.